The molecule has 0 saturated heterocycles. The first-order chi connectivity index (χ1) is 10.6. The molecule has 1 aromatic carbocycles. The third kappa shape index (κ3) is 2.18. The minimum atomic E-state index is 0.551. The van der Waals surface area contributed by atoms with E-state index in [-0.39, 0.29) is 0 Å². The molecule has 0 aliphatic rings. The van der Waals surface area contributed by atoms with Crippen LogP contribution in [0.2, 0.25) is 10.0 Å². The first-order valence-corrected chi connectivity index (χ1v) is 7.86. The van der Waals surface area contributed by atoms with Crippen LogP contribution in [0.25, 0.3) is 26.9 Å². The molecule has 110 valence electrons. The van der Waals surface area contributed by atoms with Gasteiger partial charge in [0.15, 0.2) is 10.8 Å². The van der Waals surface area contributed by atoms with Crippen molar-refractivity contribution in [3.63, 3.8) is 0 Å². The summed E-state index contributed by atoms with van der Waals surface area (Å²) in [6, 6.07) is 5.21. The van der Waals surface area contributed by atoms with E-state index in [4.69, 9.17) is 23.2 Å². The van der Waals surface area contributed by atoms with E-state index in [1.807, 2.05) is 13.2 Å². The predicted molar refractivity (Wildman–Crippen MR) is 86.3 cm³/mol. The summed E-state index contributed by atoms with van der Waals surface area (Å²) < 4.78 is 3.40. The smallest absolute Gasteiger partial charge is 0.235 e. The van der Waals surface area contributed by atoms with Gasteiger partial charge in [0.2, 0.25) is 4.96 Å². The molecular formula is C13H8Cl2N6S. The maximum absolute atomic E-state index is 6.24. The summed E-state index contributed by atoms with van der Waals surface area (Å²) in [7, 11) is 1.86. The molecule has 0 aliphatic heterocycles. The van der Waals surface area contributed by atoms with Gasteiger partial charge in [-0.25, -0.2) is 0 Å². The van der Waals surface area contributed by atoms with Gasteiger partial charge in [-0.1, -0.05) is 34.5 Å². The molecule has 0 unspecified atom stereocenters. The zero-order valence-corrected chi connectivity index (χ0v) is 13.6. The Morgan fingerprint density at radius 3 is 2.82 bits per heavy atom. The minimum Gasteiger partial charge on any atom is -0.275 e. The van der Waals surface area contributed by atoms with Crippen LogP contribution in [-0.4, -0.2) is 29.6 Å². The molecule has 0 amide bonds. The van der Waals surface area contributed by atoms with Crippen LogP contribution in [-0.2, 0) is 7.05 Å². The molecule has 22 heavy (non-hydrogen) atoms. The van der Waals surface area contributed by atoms with Crippen molar-refractivity contribution in [3.05, 3.63) is 40.6 Å². The minimum absolute atomic E-state index is 0.551. The highest BCUT2D eigenvalue weighted by Gasteiger charge is 2.17. The predicted octanol–water partition coefficient (Wildman–Crippen LogP) is 3.56. The number of hydrogen-bond acceptors (Lipinski definition) is 5. The van der Waals surface area contributed by atoms with Gasteiger partial charge in [0, 0.05) is 23.8 Å². The second-order valence-electron chi connectivity index (χ2n) is 4.65. The van der Waals surface area contributed by atoms with Gasteiger partial charge in [-0.2, -0.15) is 14.7 Å². The Bertz CT molecular complexity index is 986. The summed E-state index contributed by atoms with van der Waals surface area (Å²) in [6.07, 6.45) is 3.66. The highest BCUT2D eigenvalue weighted by Crippen LogP contribution is 2.32. The number of aromatic nitrogens is 6. The number of halogens is 2. The maximum atomic E-state index is 6.24. The monoisotopic (exact) mass is 350 g/mol. The zero-order chi connectivity index (χ0) is 15.3. The number of rotatable bonds is 2. The third-order valence-corrected chi connectivity index (χ3v) is 4.62. The molecule has 0 spiro atoms. The molecule has 3 heterocycles. The average molecular weight is 351 g/mol. The topological polar surface area (TPSA) is 60.9 Å². The zero-order valence-electron chi connectivity index (χ0n) is 11.2. The first-order valence-electron chi connectivity index (χ1n) is 6.28. The highest BCUT2D eigenvalue weighted by molar-refractivity contribution is 7.19. The largest absolute Gasteiger partial charge is 0.275 e. The van der Waals surface area contributed by atoms with E-state index in [1.165, 1.54) is 11.3 Å². The van der Waals surface area contributed by atoms with Gasteiger partial charge >= 0.3 is 0 Å². The molecule has 4 aromatic rings. The molecule has 0 atom stereocenters. The molecule has 0 radical (unpaired) electrons. The number of benzene rings is 1. The number of hydrogen-bond donors (Lipinski definition) is 0. The fraction of sp³-hybridized carbons (Fsp3) is 0.0769. The lowest BCUT2D eigenvalue weighted by atomic mass is 10.2. The van der Waals surface area contributed by atoms with Crippen LogP contribution in [0, 0.1) is 0 Å². The molecule has 4 rings (SSSR count). The van der Waals surface area contributed by atoms with Crippen molar-refractivity contribution in [2.45, 2.75) is 0 Å². The van der Waals surface area contributed by atoms with Crippen LogP contribution in [0.1, 0.15) is 0 Å². The Morgan fingerprint density at radius 1 is 1.18 bits per heavy atom. The van der Waals surface area contributed by atoms with Crippen LogP contribution < -0.4 is 0 Å². The van der Waals surface area contributed by atoms with Crippen LogP contribution in [0.5, 0.6) is 0 Å². The maximum Gasteiger partial charge on any atom is 0.235 e. The second kappa shape index (κ2) is 5.05. The molecule has 0 aliphatic carbocycles. The number of aryl methyl sites for hydroxylation is 1. The van der Waals surface area contributed by atoms with Crippen molar-refractivity contribution >= 4 is 39.5 Å². The van der Waals surface area contributed by atoms with Gasteiger partial charge in [0.25, 0.3) is 0 Å². The summed E-state index contributed by atoms with van der Waals surface area (Å²) in [4.78, 5) is 0.685. The van der Waals surface area contributed by atoms with Crippen molar-refractivity contribution in [1.82, 2.24) is 29.6 Å². The Kier molecular flexibility index (Phi) is 3.14. The van der Waals surface area contributed by atoms with Crippen LogP contribution >= 0.6 is 34.5 Å². The van der Waals surface area contributed by atoms with Crippen molar-refractivity contribution in [2.75, 3.05) is 0 Å². The van der Waals surface area contributed by atoms with E-state index in [9.17, 15) is 0 Å². The summed E-state index contributed by atoms with van der Waals surface area (Å²) in [6.45, 7) is 0. The highest BCUT2D eigenvalue weighted by atomic mass is 35.5. The van der Waals surface area contributed by atoms with Crippen LogP contribution in [0.4, 0.5) is 0 Å². The van der Waals surface area contributed by atoms with Gasteiger partial charge < -0.3 is 0 Å². The molecule has 0 bridgehead atoms. The van der Waals surface area contributed by atoms with Crippen LogP contribution in [0.15, 0.2) is 30.6 Å². The summed E-state index contributed by atoms with van der Waals surface area (Å²) in [5.41, 5.74) is 1.63. The van der Waals surface area contributed by atoms with E-state index in [2.05, 4.69) is 20.4 Å². The molecule has 0 N–H and O–H groups in total. The van der Waals surface area contributed by atoms with Gasteiger partial charge in [-0.3, -0.25) is 4.68 Å². The Morgan fingerprint density at radius 2 is 2.05 bits per heavy atom. The van der Waals surface area contributed by atoms with E-state index in [1.54, 1.807) is 33.6 Å². The lowest BCUT2D eigenvalue weighted by Crippen LogP contribution is -1.91. The quantitative estimate of drug-likeness (QED) is 0.554. The molecular weight excluding hydrogens is 343 g/mol. The fourth-order valence-electron chi connectivity index (χ4n) is 2.10. The van der Waals surface area contributed by atoms with E-state index >= 15 is 0 Å². The lowest BCUT2D eigenvalue weighted by molar-refractivity contribution is 0.768. The van der Waals surface area contributed by atoms with Gasteiger partial charge in [0.1, 0.15) is 0 Å². The molecule has 6 nitrogen and oxygen atoms in total. The fourth-order valence-corrected chi connectivity index (χ4v) is 3.29. The Hall–Kier alpha value is -1.96. The summed E-state index contributed by atoms with van der Waals surface area (Å²) in [5.74, 6) is 0.564. The molecule has 0 saturated carbocycles. The Labute approximate surface area is 138 Å². The van der Waals surface area contributed by atoms with Crippen molar-refractivity contribution in [2.24, 2.45) is 7.05 Å². The lowest BCUT2D eigenvalue weighted by Gasteiger charge is -2.01. The summed E-state index contributed by atoms with van der Waals surface area (Å²) >= 11 is 13.7. The van der Waals surface area contributed by atoms with E-state index < -0.39 is 0 Å². The standard InChI is InChI=1S/C13H8Cl2N6S/c1-20-6-7(5-16-20)12-19-21-11(17-18-13(21)22-12)9-4-8(14)2-3-10(9)15/h2-6H,1H3. The first kappa shape index (κ1) is 13.7. The molecule has 0 fully saturated rings. The normalized spacial score (nSPS) is 11.4. The summed E-state index contributed by atoms with van der Waals surface area (Å²) in [5, 5.41) is 19.0. The average Bonchev–Trinajstić information content (AvgIpc) is 3.16. The van der Waals surface area contributed by atoms with Gasteiger partial charge in [-0.15, -0.1) is 10.2 Å². The van der Waals surface area contributed by atoms with Crippen molar-refractivity contribution < 1.29 is 0 Å². The van der Waals surface area contributed by atoms with Crippen molar-refractivity contribution in [1.29, 1.82) is 0 Å². The second-order valence-corrected chi connectivity index (χ2v) is 6.45. The Balaban J connectivity index is 1.89. The van der Waals surface area contributed by atoms with Crippen LogP contribution in [0.3, 0.4) is 0 Å². The van der Waals surface area contributed by atoms with E-state index in [0.717, 1.165) is 10.6 Å². The third-order valence-electron chi connectivity index (χ3n) is 3.11. The number of nitrogens with zero attached hydrogens (tertiary/aromatic N) is 6. The molecule has 3 aromatic heterocycles. The van der Waals surface area contributed by atoms with E-state index in [0.29, 0.717) is 26.4 Å². The van der Waals surface area contributed by atoms with Gasteiger partial charge in [-0.05, 0) is 18.2 Å². The van der Waals surface area contributed by atoms with Gasteiger partial charge in [0.05, 0.1) is 16.8 Å². The molecule has 9 heteroatoms. The van der Waals surface area contributed by atoms with Crippen molar-refractivity contribution in [3.8, 4) is 22.0 Å². The number of fused-ring (bicyclic) bond motifs is 1. The SMILES string of the molecule is Cn1cc(-c2nn3c(-c4cc(Cl)ccc4Cl)nnc3s2)cn1.